The van der Waals surface area contributed by atoms with Gasteiger partial charge in [-0.25, -0.2) is 4.98 Å². The summed E-state index contributed by atoms with van der Waals surface area (Å²) in [5.41, 5.74) is 8.01. The van der Waals surface area contributed by atoms with Gasteiger partial charge in [-0.2, -0.15) is 0 Å². The normalized spacial score (nSPS) is 10.8. The maximum absolute atomic E-state index is 6.09. The van der Waals surface area contributed by atoms with Gasteiger partial charge in [-0.1, -0.05) is 12.1 Å². The lowest BCUT2D eigenvalue weighted by Gasteiger charge is -2.11. The predicted molar refractivity (Wildman–Crippen MR) is 75.9 cm³/mol. The fourth-order valence-corrected chi connectivity index (χ4v) is 1.95. The van der Waals surface area contributed by atoms with E-state index in [2.05, 4.69) is 16.4 Å². The highest BCUT2D eigenvalue weighted by Gasteiger charge is 2.05. The van der Waals surface area contributed by atoms with Crippen molar-refractivity contribution in [3.8, 4) is 0 Å². The number of benzene rings is 1. The van der Waals surface area contributed by atoms with E-state index in [1.165, 1.54) is 0 Å². The molecule has 2 rings (SSSR count). The first-order valence-electron chi connectivity index (χ1n) is 6.10. The topological polar surface area (TPSA) is 60.2 Å². The lowest BCUT2D eigenvalue weighted by Crippen LogP contribution is -2.06. The third-order valence-corrected chi connectivity index (χ3v) is 3.02. The number of ether oxygens (including phenoxy) is 1. The van der Waals surface area contributed by atoms with Crippen LogP contribution in [0.3, 0.4) is 0 Å². The van der Waals surface area contributed by atoms with Gasteiger partial charge < -0.3 is 15.8 Å². The molecule has 0 saturated carbocycles. The number of nitrogens with zero attached hydrogens (tertiary/aromatic N) is 1. The Bertz CT molecular complexity index is 540. The third kappa shape index (κ3) is 2.54. The van der Waals surface area contributed by atoms with Crippen LogP contribution in [0.4, 0.5) is 11.5 Å². The van der Waals surface area contributed by atoms with E-state index >= 15 is 0 Å². The molecule has 0 fully saturated rings. The van der Waals surface area contributed by atoms with Crippen LogP contribution in [0, 0.1) is 6.92 Å². The monoisotopic (exact) mass is 245 g/mol. The highest BCUT2D eigenvalue weighted by atomic mass is 16.5. The minimum atomic E-state index is 0.749. The van der Waals surface area contributed by atoms with E-state index in [0.717, 1.165) is 47.4 Å². The quantitative estimate of drug-likeness (QED) is 0.628. The van der Waals surface area contributed by atoms with Gasteiger partial charge in [0.15, 0.2) is 0 Å². The van der Waals surface area contributed by atoms with Crippen molar-refractivity contribution >= 4 is 22.3 Å². The molecule has 96 valence electrons. The van der Waals surface area contributed by atoms with Crippen molar-refractivity contribution < 1.29 is 4.74 Å². The first kappa shape index (κ1) is 12.6. The van der Waals surface area contributed by atoms with E-state index in [1.807, 2.05) is 19.1 Å². The summed E-state index contributed by atoms with van der Waals surface area (Å²) in [6.45, 7) is 3.60. The van der Waals surface area contributed by atoms with Crippen LogP contribution in [-0.2, 0) is 4.74 Å². The number of aromatic nitrogens is 1. The number of pyridine rings is 1. The molecule has 18 heavy (non-hydrogen) atoms. The van der Waals surface area contributed by atoms with Crippen LogP contribution in [0.2, 0.25) is 0 Å². The van der Waals surface area contributed by atoms with Crippen LogP contribution < -0.4 is 11.1 Å². The van der Waals surface area contributed by atoms with Gasteiger partial charge in [0, 0.05) is 42.9 Å². The van der Waals surface area contributed by atoms with Crippen LogP contribution in [0.5, 0.6) is 0 Å². The molecular weight excluding hydrogens is 226 g/mol. The Morgan fingerprint density at radius 2 is 2.11 bits per heavy atom. The van der Waals surface area contributed by atoms with Gasteiger partial charge in [0.25, 0.3) is 0 Å². The van der Waals surface area contributed by atoms with E-state index < -0.39 is 0 Å². The van der Waals surface area contributed by atoms with Crippen molar-refractivity contribution in [2.75, 3.05) is 31.3 Å². The molecule has 1 aromatic heterocycles. The summed E-state index contributed by atoms with van der Waals surface area (Å²) < 4.78 is 5.02. The van der Waals surface area contributed by atoms with Gasteiger partial charge >= 0.3 is 0 Å². The lowest BCUT2D eigenvalue weighted by atomic mass is 10.1. The smallest absolute Gasteiger partial charge is 0.133 e. The summed E-state index contributed by atoms with van der Waals surface area (Å²) in [7, 11) is 1.71. The Balaban J connectivity index is 2.26. The van der Waals surface area contributed by atoms with Gasteiger partial charge in [0.2, 0.25) is 0 Å². The molecule has 2 aromatic rings. The predicted octanol–water partition coefficient (Wildman–Crippen LogP) is 2.57. The zero-order valence-electron chi connectivity index (χ0n) is 10.9. The second-order valence-electron chi connectivity index (χ2n) is 4.32. The molecule has 0 unspecified atom stereocenters. The largest absolute Gasteiger partial charge is 0.398 e. The number of anilines is 2. The number of aryl methyl sites for hydroxylation is 1. The van der Waals surface area contributed by atoms with Crippen molar-refractivity contribution in [1.29, 1.82) is 0 Å². The fraction of sp³-hybridized carbons (Fsp3) is 0.357. The van der Waals surface area contributed by atoms with Gasteiger partial charge in [-0.05, 0) is 25.0 Å². The van der Waals surface area contributed by atoms with Gasteiger partial charge in [0.05, 0.1) is 0 Å². The number of methoxy groups -OCH3 is 1. The van der Waals surface area contributed by atoms with Crippen molar-refractivity contribution in [3.63, 3.8) is 0 Å². The highest BCUT2D eigenvalue weighted by Crippen LogP contribution is 2.28. The average Bonchev–Trinajstić information content (AvgIpc) is 2.39. The molecule has 0 spiro atoms. The van der Waals surface area contributed by atoms with E-state index in [-0.39, 0.29) is 0 Å². The maximum atomic E-state index is 6.09. The van der Waals surface area contributed by atoms with Gasteiger partial charge in [0.1, 0.15) is 5.82 Å². The summed E-state index contributed by atoms with van der Waals surface area (Å²) in [6, 6.07) is 6.05. The minimum absolute atomic E-state index is 0.749. The van der Waals surface area contributed by atoms with E-state index in [1.54, 1.807) is 13.3 Å². The van der Waals surface area contributed by atoms with Gasteiger partial charge in [-0.15, -0.1) is 0 Å². The number of nitrogens with one attached hydrogen (secondary N) is 1. The Morgan fingerprint density at radius 1 is 1.28 bits per heavy atom. The van der Waals surface area contributed by atoms with E-state index in [9.17, 15) is 0 Å². The first-order chi connectivity index (χ1) is 8.74. The maximum Gasteiger partial charge on any atom is 0.133 e. The Labute approximate surface area is 107 Å². The number of hydrogen-bond acceptors (Lipinski definition) is 4. The molecule has 0 bridgehead atoms. The van der Waals surface area contributed by atoms with Crippen molar-refractivity contribution in [1.82, 2.24) is 4.98 Å². The average molecular weight is 245 g/mol. The van der Waals surface area contributed by atoms with Crippen molar-refractivity contribution in [3.05, 3.63) is 30.0 Å². The molecular formula is C14H19N3O. The molecule has 1 heterocycles. The first-order valence-corrected chi connectivity index (χ1v) is 6.10. The van der Waals surface area contributed by atoms with E-state index in [4.69, 9.17) is 10.5 Å². The van der Waals surface area contributed by atoms with Crippen molar-refractivity contribution in [2.45, 2.75) is 13.3 Å². The molecule has 0 atom stereocenters. The van der Waals surface area contributed by atoms with Gasteiger partial charge in [-0.3, -0.25) is 0 Å². The molecule has 0 aliphatic carbocycles. The Hall–Kier alpha value is -1.81. The van der Waals surface area contributed by atoms with Crippen LogP contribution in [0.1, 0.15) is 12.0 Å². The lowest BCUT2D eigenvalue weighted by molar-refractivity contribution is 0.198. The molecule has 4 nitrogen and oxygen atoms in total. The second-order valence-corrected chi connectivity index (χ2v) is 4.32. The second kappa shape index (κ2) is 5.69. The number of rotatable bonds is 5. The minimum Gasteiger partial charge on any atom is -0.398 e. The molecule has 0 saturated heterocycles. The van der Waals surface area contributed by atoms with Crippen LogP contribution in [0.25, 0.3) is 10.8 Å². The molecule has 4 heteroatoms. The molecule has 0 aliphatic rings. The summed E-state index contributed by atoms with van der Waals surface area (Å²) in [5, 5.41) is 5.44. The zero-order chi connectivity index (χ0) is 13.0. The summed E-state index contributed by atoms with van der Waals surface area (Å²) in [6.07, 6.45) is 2.74. The molecule has 0 amide bonds. The van der Waals surface area contributed by atoms with E-state index in [0.29, 0.717) is 0 Å². The molecule has 0 radical (unpaired) electrons. The number of nitrogens with two attached hydrogens (primary N) is 1. The number of nitrogen functional groups attached to an aromatic ring is 1. The zero-order valence-corrected chi connectivity index (χ0v) is 10.9. The summed E-state index contributed by atoms with van der Waals surface area (Å²) in [4.78, 5) is 4.37. The SMILES string of the molecule is COCCCNc1nccc2c(N)c(C)ccc12. The number of fused-ring (bicyclic) bond motifs is 1. The molecule has 3 N–H and O–H groups in total. The summed E-state index contributed by atoms with van der Waals surface area (Å²) >= 11 is 0. The Kier molecular flexibility index (Phi) is 3.99. The Morgan fingerprint density at radius 3 is 2.89 bits per heavy atom. The standard InChI is InChI=1S/C14H19N3O/c1-10-4-5-12-11(13(10)15)6-8-17-14(12)16-7-3-9-18-2/h4-6,8H,3,7,9,15H2,1-2H3,(H,16,17). The van der Waals surface area contributed by atoms with Crippen LogP contribution >= 0.6 is 0 Å². The van der Waals surface area contributed by atoms with Crippen LogP contribution in [0.15, 0.2) is 24.4 Å². The molecule has 1 aromatic carbocycles. The third-order valence-electron chi connectivity index (χ3n) is 3.02. The fourth-order valence-electron chi connectivity index (χ4n) is 1.95. The summed E-state index contributed by atoms with van der Waals surface area (Å²) in [5.74, 6) is 0.885. The highest BCUT2D eigenvalue weighted by molar-refractivity contribution is 6.00. The van der Waals surface area contributed by atoms with Crippen molar-refractivity contribution in [2.24, 2.45) is 0 Å². The van der Waals surface area contributed by atoms with Crippen LogP contribution in [-0.4, -0.2) is 25.2 Å². The molecule has 0 aliphatic heterocycles. The number of hydrogen-bond donors (Lipinski definition) is 2.